The average molecular weight is 300 g/mol. The zero-order chi connectivity index (χ0) is 11.3. The van der Waals surface area contributed by atoms with E-state index in [4.69, 9.17) is 40.3 Å². The largest absolute Gasteiger partial charge is 1.00 e. The van der Waals surface area contributed by atoms with Crippen LogP contribution in [0.1, 0.15) is 20.7 Å². The van der Waals surface area contributed by atoms with E-state index in [9.17, 15) is 9.59 Å². The number of carbonyl (C=O) groups is 2. The van der Waals surface area contributed by atoms with Crippen molar-refractivity contribution in [2.75, 3.05) is 0 Å². The van der Waals surface area contributed by atoms with E-state index in [-0.39, 0.29) is 43.3 Å². The molecule has 1 aromatic rings. The van der Waals surface area contributed by atoms with Gasteiger partial charge in [0, 0.05) is 4.70 Å². The summed E-state index contributed by atoms with van der Waals surface area (Å²) in [5.41, 5.74) is 7.10. The van der Waals surface area contributed by atoms with E-state index in [1.165, 1.54) is 6.07 Å². The van der Waals surface area contributed by atoms with Crippen LogP contribution in [0.25, 0.3) is 0 Å². The van der Waals surface area contributed by atoms with Crippen LogP contribution in [0.4, 0.5) is 0 Å². The Kier molecular flexibility index (Phi) is 3.59. The van der Waals surface area contributed by atoms with Gasteiger partial charge in [-0.2, -0.15) is 0 Å². The van der Waals surface area contributed by atoms with Gasteiger partial charge in [0.15, 0.2) is 0 Å². The Morgan fingerprint density at radius 1 is 1.06 bits per heavy atom. The third-order valence-electron chi connectivity index (χ3n) is 2.01. The number of amides is 2. The molecule has 0 atom stereocenters. The van der Waals surface area contributed by atoms with Crippen molar-refractivity contribution in [1.29, 1.82) is 5.53 Å². The molecule has 8 heteroatoms. The molecule has 0 aromatic heterocycles. The SMILES string of the molecule is N=[N+]1C(=O)c2cc(Cl)c(Cl)c(Cl)c2C1=O.[Cl-]. The summed E-state index contributed by atoms with van der Waals surface area (Å²) in [5.74, 6) is -1.55. The summed E-state index contributed by atoms with van der Waals surface area (Å²) in [6, 6.07) is 1.24. The third kappa shape index (κ3) is 1.62. The smallest absolute Gasteiger partial charge is 0.454 e. The van der Waals surface area contributed by atoms with Gasteiger partial charge >= 0.3 is 11.8 Å². The topological polar surface area (TPSA) is 61.0 Å². The minimum Gasteiger partial charge on any atom is -1.00 e. The summed E-state index contributed by atoms with van der Waals surface area (Å²) < 4.78 is 0.225. The fourth-order valence-corrected chi connectivity index (χ4v) is 1.98. The number of rotatable bonds is 0. The molecule has 84 valence electrons. The number of nitrogens with zero attached hydrogens (tertiary/aromatic N) is 1. The highest BCUT2D eigenvalue weighted by Gasteiger charge is 2.46. The van der Waals surface area contributed by atoms with Crippen molar-refractivity contribution >= 4 is 46.6 Å². The molecule has 0 fully saturated rings. The molecule has 0 saturated heterocycles. The Hall–Kier alpha value is -0.680. The van der Waals surface area contributed by atoms with E-state index < -0.39 is 11.8 Å². The molecule has 2 amide bonds. The fraction of sp³-hybridized carbons (Fsp3) is 0. The van der Waals surface area contributed by atoms with Gasteiger partial charge in [0.05, 0.1) is 15.1 Å². The molecule has 0 spiro atoms. The van der Waals surface area contributed by atoms with Crippen molar-refractivity contribution in [3.8, 4) is 0 Å². The number of halogens is 4. The van der Waals surface area contributed by atoms with Crippen LogP contribution in [0.2, 0.25) is 15.1 Å². The van der Waals surface area contributed by atoms with Crippen LogP contribution >= 0.6 is 34.8 Å². The summed E-state index contributed by atoms with van der Waals surface area (Å²) in [6.45, 7) is 0. The van der Waals surface area contributed by atoms with Crippen molar-refractivity contribution in [3.05, 3.63) is 32.3 Å². The van der Waals surface area contributed by atoms with E-state index in [0.29, 0.717) is 0 Å². The third-order valence-corrected chi connectivity index (χ3v) is 3.27. The molecule has 2 rings (SSSR count). The summed E-state index contributed by atoms with van der Waals surface area (Å²) >= 11 is 17.2. The van der Waals surface area contributed by atoms with E-state index >= 15 is 0 Å². The highest BCUT2D eigenvalue weighted by molar-refractivity contribution is 6.50. The van der Waals surface area contributed by atoms with Crippen molar-refractivity contribution < 1.29 is 26.7 Å². The lowest BCUT2D eigenvalue weighted by molar-refractivity contribution is -0.420. The Morgan fingerprint density at radius 2 is 1.62 bits per heavy atom. The molecule has 1 aliphatic rings. The number of nitrogens with one attached hydrogen (secondary N) is 1. The van der Waals surface area contributed by atoms with Gasteiger partial charge in [0.1, 0.15) is 11.1 Å². The molecule has 0 saturated carbocycles. The summed E-state index contributed by atoms with van der Waals surface area (Å²) in [4.78, 5) is 22.8. The highest BCUT2D eigenvalue weighted by Crippen LogP contribution is 2.38. The first-order valence-corrected chi connectivity index (χ1v) is 4.86. The van der Waals surface area contributed by atoms with Crippen LogP contribution in [0, 0.1) is 5.53 Å². The first-order valence-electron chi connectivity index (χ1n) is 3.72. The van der Waals surface area contributed by atoms with Gasteiger partial charge in [-0.25, -0.2) is 9.59 Å². The van der Waals surface area contributed by atoms with Crippen molar-refractivity contribution in [2.24, 2.45) is 0 Å². The fourth-order valence-electron chi connectivity index (χ4n) is 1.30. The van der Waals surface area contributed by atoms with Crippen LogP contribution in [0.15, 0.2) is 6.07 Å². The van der Waals surface area contributed by atoms with E-state index in [1.807, 2.05) is 0 Å². The number of hydrogen-bond donors (Lipinski definition) is 1. The van der Waals surface area contributed by atoms with Crippen molar-refractivity contribution in [3.63, 3.8) is 0 Å². The van der Waals surface area contributed by atoms with Crippen molar-refractivity contribution in [2.45, 2.75) is 0 Å². The summed E-state index contributed by atoms with van der Waals surface area (Å²) in [7, 11) is 0. The monoisotopic (exact) mass is 298 g/mol. The molecule has 16 heavy (non-hydrogen) atoms. The van der Waals surface area contributed by atoms with Gasteiger partial charge in [-0.1, -0.05) is 34.8 Å². The first kappa shape index (κ1) is 13.4. The second-order valence-electron chi connectivity index (χ2n) is 2.85. The Bertz CT molecular complexity index is 541. The zero-order valence-corrected chi connectivity index (χ0v) is 10.4. The number of benzene rings is 1. The number of carbonyl (C=O) groups excluding carboxylic acids is 2. The lowest BCUT2D eigenvalue weighted by Crippen LogP contribution is -3.00. The van der Waals surface area contributed by atoms with Gasteiger partial charge in [-0.05, 0) is 11.6 Å². The standard InChI is InChI=1S/C8H2Cl3N2O2.ClH/c9-3-1-2-4(6(11)5(3)10)8(15)13(12)7(2)14;/h1,12H;1H/q+1;/p-1. The molecule has 0 radical (unpaired) electrons. The highest BCUT2D eigenvalue weighted by atomic mass is 35.5. The maximum Gasteiger partial charge on any atom is 0.454 e. The van der Waals surface area contributed by atoms with Crippen LogP contribution in [0.5, 0.6) is 0 Å². The minimum absolute atomic E-state index is 0. The van der Waals surface area contributed by atoms with Gasteiger partial charge < -0.3 is 12.4 Å². The molecule has 1 aromatic carbocycles. The molecular weight excluding hydrogens is 298 g/mol. The number of imide groups is 1. The molecule has 0 unspecified atom stereocenters. The molecule has 4 nitrogen and oxygen atoms in total. The zero-order valence-electron chi connectivity index (χ0n) is 7.35. The summed E-state index contributed by atoms with van der Waals surface area (Å²) in [5, 5.41) is -0.00216. The first-order chi connectivity index (χ1) is 6.95. The van der Waals surface area contributed by atoms with E-state index in [1.54, 1.807) is 0 Å². The van der Waals surface area contributed by atoms with Gasteiger partial charge in [0.2, 0.25) is 0 Å². The molecular formula is C8H2Cl4N2O2. The average Bonchev–Trinajstić information content (AvgIpc) is 2.40. The summed E-state index contributed by atoms with van der Waals surface area (Å²) in [6.07, 6.45) is 0. The number of hydrogen-bond acceptors (Lipinski definition) is 3. The van der Waals surface area contributed by atoms with Crippen LogP contribution in [-0.2, 0) is 0 Å². The lowest BCUT2D eigenvalue weighted by atomic mass is 10.1. The number of fused-ring (bicyclic) bond motifs is 1. The quantitative estimate of drug-likeness (QED) is 0.416. The van der Waals surface area contributed by atoms with Crippen LogP contribution in [-0.4, -0.2) is 16.5 Å². The van der Waals surface area contributed by atoms with Crippen molar-refractivity contribution in [1.82, 2.24) is 0 Å². The van der Waals surface area contributed by atoms with E-state index in [0.717, 1.165) is 0 Å². The molecule has 1 N–H and O–H groups in total. The molecule has 0 aliphatic carbocycles. The minimum atomic E-state index is -0.793. The predicted octanol–water partition coefficient (Wildman–Crippen LogP) is -0.0117. The van der Waals surface area contributed by atoms with Crippen LogP contribution < -0.4 is 12.4 Å². The molecule has 1 aliphatic heterocycles. The second-order valence-corrected chi connectivity index (χ2v) is 4.02. The Labute approximate surface area is 111 Å². The van der Waals surface area contributed by atoms with Crippen LogP contribution in [0.3, 0.4) is 0 Å². The van der Waals surface area contributed by atoms with Gasteiger partial charge in [0.25, 0.3) is 0 Å². The molecule has 0 bridgehead atoms. The predicted molar refractivity (Wildman–Crippen MR) is 53.1 cm³/mol. The van der Waals surface area contributed by atoms with Gasteiger partial charge in [-0.15, -0.1) is 0 Å². The Balaban J connectivity index is 0.00000128. The Morgan fingerprint density at radius 3 is 2.19 bits per heavy atom. The maximum atomic E-state index is 11.4. The normalized spacial score (nSPS) is 13.8. The van der Waals surface area contributed by atoms with Gasteiger partial charge in [-0.3, -0.25) is 0 Å². The van der Waals surface area contributed by atoms with E-state index in [2.05, 4.69) is 0 Å². The lowest BCUT2D eigenvalue weighted by Gasteiger charge is -1.99. The molecule has 1 heterocycles. The maximum absolute atomic E-state index is 11.4. The second kappa shape index (κ2) is 4.30.